The lowest BCUT2D eigenvalue weighted by Gasteiger charge is -2.21. The van der Waals surface area contributed by atoms with Gasteiger partial charge in [0.05, 0.1) is 12.9 Å². The molecule has 0 saturated carbocycles. The van der Waals surface area contributed by atoms with Gasteiger partial charge in [0.15, 0.2) is 24.2 Å². The number of imidazole rings is 1. The molecule has 12 heteroatoms. The second-order valence-electron chi connectivity index (χ2n) is 4.93. The van der Waals surface area contributed by atoms with E-state index in [0.29, 0.717) is 0 Å². The monoisotopic (exact) mass is 328 g/mol. The Balaban J connectivity index is 2.03. The minimum atomic E-state index is -1.14. The van der Waals surface area contributed by atoms with Crippen molar-refractivity contribution in [3.63, 3.8) is 0 Å². The first-order valence-electron chi connectivity index (χ1n) is 6.66. The summed E-state index contributed by atoms with van der Waals surface area (Å²) in [6.07, 6.45) is -2.55. The topological polar surface area (TPSA) is 184 Å². The Morgan fingerprint density at radius 1 is 1.52 bits per heavy atom. The van der Waals surface area contributed by atoms with Crippen LogP contribution in [-0.2, 0) is 14.3 Å². The van der Waals surface area contributed by atoms with Gasteiger partial charge < -0.3 is 25.4 Å². The van der Waals surface area contributed by atoms with Crippen molar-refractivity contribution < 1.29 is 24.5 Å². The molecular formula is C11H16N6O6. The van der Waals surface area contributed by atoms with Gasteiger partial charge in [0.2, 0.25) is 5.95 Å². The van der Waals surface area contributed by atoms with Crippen LogP contribution >= 0.6 is 0 Å². The van der Waals surface area contributed by atoms with E-state index in [2.05, 4.69) is 19.8 Å². The summed E-state index contributed by atoms with van der Waals surface area (Å²) in [5.74, 6) is 4.83. The number of hydrogen-bond acceptors (Lipinski definition) is 10. The summed E-state index contributed by atoms with van der Waals surface area (Å²) in [6, 6.07) is 0. The fraction of sp³-hybridized carbons (Fsp3) is 0.545. The molecule has 1 aliphatic heterocycles. The van der Waals surface area contributed by atoms with E-state index in [9.17, 15) is 15.0 Å². The Kier molecular flexibility index (Phi) is 4.25. The predicted octanol–water partition coefficient (Wildman–Crippen LogP) is -2.81. The Labute approximate surface area is 128 Å². The van der Waals surface area contributed by atoms with E-state index in [1.165, 1.54) is 10.9 Å². The minimum Gasteiger partial charge on any atom is -0.394 e. The lowest BCUT2D eigenvalue weighted by molar-refractivity contribution is -0.139. The zero-order valence-corrected chi connectivity index (χ0v) is 11.8. The first-order valence-corrected chi connectivity index (χ1v) is 6.66. The van der Waals surface area contributed by atoms with Crippen LogP contribution in [0.4, 0.5) is 5.95 Å². The van der Waals surface area contributed by atoms with Crippen molar-refractivity contribution in [2.75, 3.05) is 19.1 Å². The largest absolute Gasteiger partial charge is 0.394 e. The fourth-order valence-corrected chi connectivity index (χ4v) is 2.52. The number of nitrogens with one attached hydrogen (secondary N) is 1. The van der Waals surface area contributed by atoms with Crippen LogP contribution in [0.2, 0.25) is 0 Å². The number of nitrogens with zero attached hydrogens (tertiary/aromatic N) is 3. The summed E-state index contributed by atoms with van der Waals surface area (Å²) in [5.41, 5.74) is 5.24. The summed E-state index contributed by atoms with van der Waals surface area (Å²) in [5, 5.41) is 19.5. The molecule has 23 heavy (non-hydrogen) atoms. The van der Waals surface area contributed by atoms with Crippen molar-refractivity contribution in [1.29, 1.82) is 0 Å². The van der Waals surface area contributed by atoms with E-state index in [1.54, 1.807) is 0 Å². The van der Waals surface area contributed by atoms with E-state index in [1.807, 2.05) is 0 Å². The zero-order chi connectivity index (χ0) is 16.6. The van der Waals surface area contributed by atoms with Crippen molar-refractivity contribution in [3.05, 3.63) is 16.7 Å². The number of anilines is 1. The fourth-order valence-electron chi connectivity index (χ4n) is 2.52. The number of aliphatic hydroxyl groups is 2. The van der Waals surface area contributed by atoms with Gasteiger partial charge in [-0.2, -0.15) is 4.98 Å². The van der Waals surface area contributed by atoms with Crippen molar-refractivity contribution in [1.82, 2.24) is 19.5 Å². The van der Waals surface area contributed by atoms with Crippen LogP contribution < -0.4 is 17.2 Å². The van der Waals surface area contributed by atoms with Gasteiger partial charge in [-0.15, -0.1) is 0 Å². The summed E-state index contributed by atoms with van der Waals surface area (Å²) in [6.45, 7) is -0.730. The van der Waals surface area contributed by atoms with E-state index < -0.39 is 36.7 Å². The predicted molar refractivity (Wildman–Crippen MR) is 74.6 cm³/mol. The molecule has 0 spiro atoms. The van der Waals surface area contributed by atoms with Crippen LogP contribution in [0.15, 0.2) is 11.1 Å². The first-order chi connectivity index (χ1) is 11.1. The third-order valence-electron chi connectivity index (χ3n) is 3.55. The molecule has 3 rings (SSSR count). The van der Waals surface area contributed by atoms with Gasteiger partial charge in [-0.05, 0) is 0 Å². The summed E-state index contributed by atoms with van der Waals surface area (Å²) >= 11 is 0. The van der Waals surface area contributed by atoms with Crippen LogP contribution in [-0.4, -0.2) is 61.4 Å². The van der Waals surface area contributed by atoms with Crippen molar-refractivity contribution in [2.24, 2.45) is 5.90 Å². The van der Waals surface area contributed by atoms with E-state index >= 15 is 0 Å². The van der Waals surface area contributed by atoms with Gasteiger partial charge >= 0.3 is 0 Å². The van der Waals surface area contributed by atoms with E-state index in [-0.39, 0.29) is 23.9 Å². The van der Waals surface area contributed by atoms with Crippen molar-refractivity contribution in [2.45, 2.75) is 24.5 Å². The van der Waals surface area contributed by atoms with Crippen LogP contribution in [0, 0.1) is 0 Å². The number of fused-ring (bicyclic) bond motifs is 1. The highest BCUT2D eigenvalue weighted by molar-refractivity contribution is 5.70. The maximum Gasteiger partial charge on any atom is 0.280 e. The molecule has 12 nitrogen and oxygen atoms in total. The molecule has 0 bridgehead atoms. The van der Waals surface area contributed by atoms with Crippen LogP contribution in [0.5, 0.6) is 0 Å². The minimum absolute atomic E-state index is 0.0542. The highest BCUT2D eigenvalue weighted by Gasteiger charge is 2.46. The maximum atomic E-state index is 11.8. The van der Waals surface area contributed by atoms with Gasteiger partial charge in [0, 0.05) is 0 Å². The normalized spacial score (nSPS) is 27.8. The quantitative estimate of drug-likeness (QED) is 0.283. The molecule has 0 radical (unpaired) electrons. The van der Waals surface area contributed by atoms with Crippen LogP contribution in [0.3, 0.4) is 0 Å². The van der Waals surface area contributed by atoms with Gasteiger partial charge in [0.25, 0.3) is 5.56 Å². The molecule has 0 amide bonds. The number of aromatic amines is 1. The number of nitrogen functional groups attached to an aromatic ring is 1. The third-order valence-corrected chi connectivity index (χ3v) is 3.55. The average molecular weight is 328 g/mol. The van der Waals surface area contributed by atoms with Crippen LogP contribution in [0.25, 0.3) is 11.2 Å². The van der Waals surface area contributed by atoms with E-state index in [4.69, 9.17) is 21.1 Å². The van der Waals surface area contributed by atoms with Crippen molar-refractivity contribution >= 4 is 17.1 Å². The highest BCUT2D eigenvalue weighted by atomic mass is 16.7. The highest BCUT2D eigenvalue weighted by Crippen LogP contribution is 2.33. The van der Waals surface area contributed by atoms with Gasteiger partial charge in [-0.3, -0.25) is 19.2 Å². The standard InChI is InChI=1S/C11H16N6O6/c12-11-15-8-5(9(20)16-11)14-2-17(8)10-7(21-3-22-13)6(19)4(1-18)23-10/h2,4,6-7,10,18-19H,1,3,13H2,(H3,12,15,16,20)/t4-,6-,7-,10-/m1/s1. The Bertz CT molecular complexity index is 746. The first kappa shape index (κ1) is 15.8. The molecule has 4 atom stereocenters. The van der Waals surface area contributed by atoms with Crippen molar-refractivity contribution in [3.8, 4) is 0 Å². The van der Waals surface area contributed by atoms with Gasteiger partial charge in [0.1, 0.15) is 18.3 Å². The maximum absolute atomic E-state index is 11.8. The lowest BCUT2D eigenvalue weighted by atomic mass is 10.1. The number of nitrogens with two attached hydrogens (primary N) is 2. The van der Waals surface area contributed by atoms with E-state index in [0.717, 1.165) is 0 Å². The second kappa shape index (κ2) is 6.19. The molecule has 1 saturated heterocycles. The number of H-pyrrole nitrogens is 1. The molecule has 0 aromatic carbocycles. The average Bonchev–Trinajstić information content (AvgIpc) is 3.06. The summed E-state index contributed by atoms with van der Waals surface area (Å²) < 4.78 is 12.3. The number of hydrogen-bond donors (Lipinski definition) is 5. The molecule has 2 aromatic heterocycles. The molecule has 1 fully saturated rings. The van der Waals surface area contributed by atoms with Crippen LogP contribution in [0.1, 0.15) is 6.23 Å². The molecule has 1 aliphatic rings. The molecule has 3 heterocycles. The SMILES string of the molecule is NOCO[C@@H]1[C@H](O)[C@@H](CO)O[C@H]1n1cnc2c(=O)[nH]c(N)nc21. The lowest BCUT2D eigenvalue weighted by Crippen LogP contribution is -2.36. The molecule has 2 aromatic rings. The number of ether oxygens (including phenoxy) is 2. The Hall–Kier alpha value is -2.09. The Morgan fingerprint density at radius 2 is 2.30 bits per heavy atom. The number of aliphatic hydroxyl groups excluding tert-OH is 2. The zero-order valence-electron chi connectivity index (χ0n) is 11.8. The summed E-state index contributed by atoms with van der Waals surface area (Å²) in [4.78, 5) is 26.5. The molecule has 0 aliphatic carbocycles. The van der Waals surface area contributed by atoms with Gasteiger partial charge in [-0.1, -0.05) is 0 Å². The number of rotatable bonds is 5. The molecule has 126 valence electrons. The Morgan fingerprint density at radius 3 is 3.00 bits per heavy atom. The smallest absolute Gasteiger partial charge is 0.280 e. The summed E-state index contributed by atoms with van der Waals surface area (Å²) in [7, 11) is 0. The second-order valence-corrected chi connectivity index (χ2v) is 4.93. The molecule has 7 N–H and O–H groups in total. The van der Waals surface area contributed by atoms with Gasteiger partial charge in [-0.25, -0.2) is 10.9 Å². The molecule has 0 unspecified atom stereocenters. The number of aromatic nitrogens is 4. The molecular weight excluding hydrogens is 312 g/mol. The third kappa shape index (κ3) is 2.67.